The average molecular weight is 491 g/mol. The number of rotatable bonds is 3. The Morgan fingerprint density at radius 1 is 0.943 bits per heavy atom. The zero-order chi connectivity index (χ0) is 25.5. The van der Waals surface area contributed by atoms with Gasteiger partial charge in [0, 0.05) is 17.0 Å². The molecule has 0 aliphatic carbocycles. The van der Waals surface area contributed by atoms with Gasteiger partial charge in [-0.05, 0) is 36.8 Å². The number of benzene rings is 2. The first-order valence-corrected chi connectivity index (χ1v) is 12.7. The van der Waals surface area contributed by atoms with Gasteiger partial charge in [0.25, 0.3) is 5.56 Å². The number of aromatic nitrogens is 2. The van der Waals surface area contributed by atoms with Gasteiger partial charge in [0.15, 0.2) is 5.58 Å². The Morgan fingerprint density at radius 3 is 2.26 bits per heavy atom. The van der Waals surface area contributed by atoms with E-state index >= 15 is 0 Å². The van der Waals surface area contributed by atoms with Crippen LogP contribution >= 0.6 is 11.3 Å². The number of aryl methyl sites for hydroxylation is 1. The van der Waals surface area contributed by atoms with E-state index in [-0.39, 0.29) is 5.43 Å². The second-order valence-corrected chi connectivity index (χ2v) is 8.57. The highest BCUT2D eigenvalue weighted by Gasteiger charge is 2.13. The van der Waals surface area contributed by atoms with Gasteiger partial charge in [-0.2, -0.15) is 0 Å². The Balaban J connectivity index is 0.000000521. The average Bonchev–Trinajstić information content (AvgIpc) is 3.30. The van der Waals surface area contributed by atoms with Gasteiger partial charge >= 0.3 is 5.69 Å². The van der Waals surface area contributed by atoms with Crippen molar-refractivity contribution in [1.82, 2.24) is 9.55 Å². The van der Waals surface area contributed by atoms with Crippen LogP contribution in [-0.4, -0.2) is 9.55 Å². The number of para-hydroxylation sites is 1. The Bertz CT molecular complexity index is 1600. The number of aromatic amines is 1. The molecule has 0 spiro atoms. The van der Waals surface area contributed by atoms with Crippen molar-refractivity contribution in [2.24, 2.45) is 0 Å². The van der Waals surface area contributed by atoms with Crippen molar-refractivity contribution < 1.29 is 4.42 Å². The number of hydrogen-bond acceptors (Lipinski definition) is 5. The number of unbranched alkanes of at least 4 members (excludes halogenated alkanes) is 1. The molecule has 5 aromatic rings. The first-order chi connectivity index (χ1) is 16.9. The lowest BCUT2D eigenvalue weighted by molar-refractivity contribution is 0.567. The minimum Gasteiger partial charge on any atom is -0.460 e. The molecule has 35 heavy (non-hydrogen) atoms. The lowest BCUT2D eigenvalue weighted by Crippen LogP contribution is -2.29. The lowest BCUT2D eigenvalue weighted by Gasteiger charge is -2.10. The second-order valence-electron chi connectivity index (χ2n) is 7.69. The van der Waals surface area contributed by atoms with E-state index in [0.717, 1.165) is 11.1 Å². The molecule has 0 unspecified atom stereocenters. The van der Waals surface area contributed by atoms with Crippen molar-refractivity contribution in [3.8, 4) is 16.8 Å². The maximum absolute atomic E-state index is 12.5. The van der Waals surface area contributed by atoms with Crippen LogP contribution in [0.1, 0.15) is 46.3 Å². The smallest absolute Gasteiger partial charge is 0.333 e. The van der Waals surface area contributed by atoms with Crippen molar-refractivity contribution in [2.45, 2.75) is 47.5 Å². The fraction of sp³-hybridized carbons (Fsp3) is 0.250. The molecule has 182 valence electrons. The molecule has 0 radical (unpaired) electrons. The molecule has 0 saturated carbocycles. The van der Waals surface area contributed by atoms with E-state index < -0.39 is 11.2 Å². The number of nitrogens with one attached hydrogen (secondary N) is 1. The third-order valence-electron chi connectivity index (χ3n) is 5.32. The standard InChI is InChI=1S/C22H14N2O4S.C4H10.C2H6/c1-12-10-18(25)20-19(28-12)16(11-29-20)13-6-8-14(9-7-13)24-17-5-3-2-4-15(17)21(26)23-22(24)27;1-3-4-2;1-2/h2-11H,1H3,(H,23,26,27);3-4H2,1-2H3;1-2H3. The maximum Gasteiger partial charge on any atom is 0.333 e. The maximum atomic E-state index is 12.5. The van der Waals surface area contributed by atoms with Gasteiger partial charge in [0.2, 0.25) is 5.43 Å². The fourth-order valence-electron chi connectivity index (χ4n) is 3.50. The highest BCUT2D eigenvalue weighted by atomic mass is 32.1. The molecule has 1 N–H and O–H groups in total. The monoisotopic (exact) mass is 490 g/mol. The molecule has 0 bridgehead atoms. The van der Waals surface area contributed by atoms with Crippen molar-refractivity contribution >= 4 is 32.5 Å². The van der Waals surface area contributed by atoms with Gasteiger partial charge in [-0.3, -0.25) is 19.1 Å². The summed E-state index contributed by atoms with van der Waals surface area (Å²) < 4.78 is 7.84. The van der Waals surface area contributed by atoms with E-state index in [0.29, 0.717) is 32.6 Å². The highest BCUT2D eigenvalue weighted by Crippen LogP contribution is 2.33. The molecule has 0 fully saturated rings. The van der Waals surface area contributed by atoms with Crippen molar-refractivity contribution in [2.75, 3.05) is 0 Å². The predicted octanol–water partition coefficient (Wildman–Crippen LogP) is 6.65. The summed E-state index contributed by atoms with van der Waals surface area (Å²) in [6.07, 6.45) is 2.64. The number of nitrogens with zero attached hydrogens (tertiary/aromatic N) is 1. The molecule has 5 rings (SSSR count). The number of hydrogen-bond donors (Lipinski definition) is 1. The fourth-order valence-corrected chi connectivity index (χ4v) is 4.41. The molecule has 7 heteroatoms. The Hall–Kier alpha value is -3.71. The topological polar surface area (TPSA) is 85.1 Å². The predicted molar refractivity (Wildman–Crippen MR) is 146 cm³/mol. The zero-order valence-corrected chi connectivity index (χ0v) is 21.5. The summed E-state index contributed by atoms with van der Waals surface area (Å²) in [6.45, 7) is 10.1. The SMILES string of the molecule is CC.CCCC.Cc1cc(=O)c2scc(-c3ccc(-n4c(=O)[nH]c(=O)c5ccccc54)cc3)c2o1. The summed E-state index contributed by atoms with van der Waals surface area (Å²) in [6, 6.07) is 15.8. The van der Waals surface area contributed by atoms with E-state index in [2.05, 4.69) is 18.8 Å². The molecule has 3 heterocycles. The minimum absolute atomic E-state index is 0.0529. The van der Waals surface area contributed by atoms with Crippen LogP contribution in [0.15, 0.2) is 78.8 Å². The van der Waals surface area contributed by atoms with Gasteiger partial charge < -0.3 is 4.42 Å². The van der Waals surface area contributed by atoms with E-state index in [1.807, 2.05) is 31.4 Å². The first kappa shape index (κ1) is 25.9. The number of H-pyrrole nitrogens is 1. The number of fused-ring (bicyclic) bond motifs is 2. The van der Waals surface area contributed by atoms with E-state index in [9.17, 15) is 14.4 Å². The summed E-state index contributed by atoms with van der Waals surface area (Å²) >= 11 is 1.35. The van der Waals surface area contributed by atoms with Crippen LogP contribution in [0, 0.1) is 6.92 Å². The molecule has 6 nitrogen and oxygen atoms in total. The van der Waals surface area contributed by atoms with Crippen LogP contribution in [0.4, 0.5) is 0 Å². The van der Waals surface area contributed by atoms with E-state index in [1.165, 1.54) is 34.8 Å². The molecule has 0 aliphatic heterocycles. The first-order valence-electron chi connectivity index (χ1n) is 11.8. The van der Waals surface area contributed by atoms with Crippen LogP contribution in [-0.2, 0) is 0 Å². The Labute approximate surface area is 207 Å². The normalized spacial score (nSPS) is 10.4. The van der Waals surface area contributed by atoms with Crippen LogP contribution < -0.4 is 16.7 Å². The van der Waals surface area contributed by atoms with Crippen molar-refractivity contribution in [3.05, 3.63) is 96.8 Å². The highest BCUT2D eigenvalue weighted by molar-refractivity contribution is 7.17. The summed E-state index contributed by atoms with van der Waals surface area (Å²) in [7, 11) is 0. The zero-order valence-electron chi connectivity index (χ0n) is 20.7. The Kier molecular flexibility index (Phi) is 8.60. The molecular weight excluding hydrogens is 460 g/mol. The van der Waals surface area contributed by atoms with Crippen LogP contribution in [0.3, 0.4) is 0 Å². The van der Waals surface area contributed by atoms with Gasteiger partial charge in [-0.1, -0.05) is 64.8 Å². The molecular formula is C28H30N2O4S. The van der Waals surface area contributed by atoms with Crippen LogP contribution in [0.5, 0.6) is 0 Å². The summed E-state index contributed by atoms with van der Waals surface area (Å²) in [5.74, 6) is 0.560. The summed E-state index contributed by atoms with van der Waals surface area (Å²) in [4.78, 5) is 39.1. The summed E-state index contributed by atoms with van der Waals surface area (Å²) in [5, 5.41) is 2.34. The van der Waals surface area contributed by atoms with Crippen molar-refractivity contribution in [1.29, 1.82) is 0 Å². The molecule has 0 amide bonds. The minimum atomic E-state index is -0.496. The Morgan fingerprint density at radius 2 is 1.60 bits per heavy atom. The van der Waals surface area contributed by atoms with Gasteiger partial charge in [0.05, 0.1) is 16.6 Å². The molecule has 2 aromatic carbocycles. The third-order valence-corrected chi connectivity index (χ3v) is 6.29. The van der Waals surface area contributed by atoms with Gasteiger partial charge in [-0.25, -0.2) is 4.79 Å². The molecule has 3 aromatic heterocycles. The quantitative estimate of drug-likeness (QED) is 0.307. The van der Waals surface area contributed by atoms with Gasteiger partial charge in [-0.15, -0.1) is 11.3 Å². The van der Waals surface area contributed by atoms with E-state index in [1.54, 1.807) is 43.3 Å². The van der Waals surface area contributed by atoms with Crippen molar-refractivity contribution in [3.63, 3.8) is 0 Å². The van der Waals surface area contributed by atoms with E-state index in [4.69, 9.17) is 4.42 Å². The third kappa shape index (κ3) is 5.35. The molecule has 0 saturated heterocycles. The molecule has 0 aliphatic rings. The number of thiophene rings is 1. The molecule has 0 atom stereocenters. The lowest BCUT2D eigenvalue weighted by atomic mass is 10.1. The van der Waals surface area contributed by atoms with Crippen LogP contribution in [0.2, 0.25) is 0 Å². The summed E-state index contributed by atoms with van der Waals surface area (Å²) in [5.41, 5.74) is 2.48. The second kappa shape index (κ2) is 11.6. The van der Waals surface area contributed by atoms with Crippen LogP contribution in [0.25, 0.3) is 38.0 Å². The largest absolute Gasteiger partial charge is 0.460 e. The van der Waals surface area contributed by atoms with Gasteiger partial charge in [0.1, 0.15) is 10.5 Å².